The molecular weight excluding hydrogens is 198 g/mol. The lowest BCUT2D eigenvalue weighted by atomic mass is 9.92. The van der Waals surface area contributed by atoms with Crippen LogP contribution in [0.2, 0.25) is 0 Å². The molecular formula is C13H21N3. The second-order valence-corrected chi connectivity index (χ2v) is 4.60. The molecule has 1 aliphatic carbocycles. The summed E-state index contributed by atoms with van der Waals surface area (Å²) in [6.07, 6.45) is 7.92. The van der Waals surface area contributed by atoms with Gasteiger partial charge in [0.05, 0.1) is 0 Å². The van der Waals surface area contributed by atoms with Crippen LogP contribution in [0.4, 0.5) is 0 Å². The highest BCUT2D eigenvalue weighted by Crippen LogP contribution is 2.22. The first-order valence-electron chi connectivity index (χ1n) is 6.16. The average Bonchev–Trinajstić information content (AvgIpc) is 2.23. The number of nitrogens with one attached hydrogen (secondary N) is 1. The van der Waals surface area contributed by atoms with Crippen molar-refractivity contribution in [3.63, 3.8) is 0 Å². The normalized spacial score (nSPS) is 16.4. The third-order valence-electron chi connectivity index (χ3n) is 3.39. The van der Waals surface area contributed by atoms with Gasteiger partial charge in [-0.05, 0) is 31.5 Å². The lowest BCUT2D eigenvalue weighted by Crippen LogP contribution is -2.40. The molecule has 0 unspecified atom stereocenters. The molecule has 2 rings (SSSR count). The van der Waals surface area contributed by atoms with Gasteiger partial charge in [-0.2, -0.15) is 0 Å². The number of aromatic nitrogens is 1. The van der Waals surface area contributed by atoms with Gasteiger partial charge in [0.15, 0.2) is 0 Å². The Morgan fingerprint density at radius 1 is 1.50 bits per heavy atom. The maximum atomic E-state index is 4.10. The Kier molecular flexibility index (Phi) is 4.31. The second kappa shape index (κ2) is 5.97. The summed E-state index contributed by atoms with van der Waals surface area (Å²) in [5.74, 6) is 0. The van der Waals surface area contributed by atoms with Crippen molar-refractivity contribution in [2.45, 2.75) is 31.8 Å². The van der Waals surface area contributed by atoms with Gasteiger partial charge in [-0.3, -0.25) is 4.98 Å². The van der Waals surface area contributed by atoms with Gasteiger partial charge in [-0.15, -0.1) is 0 Å². The van der Waals surface area contributed by atoms with Crippen molar-refractivity contribution in [3.8, 4) is 0 Å². The van der Waals surface area contributed by atoms with Crippen molar-refractivity contribution in [2.24, 2.45) is 0 Å². The molecule has 1 aliphatic rings. The van der Waals surface area contributed by atoms with E-state index in [0.717, 1.165) is 25.7 Å². The highest BCUT2D eigenvalue weighted by atomic mass is 15.1. The zero-order valence-corrected chi connectivity index (χ0v) is 10.0. The minimum atomic E-state index is 0.847. The van der Waals surface area contributed by atoms with Gasteiger partial charge >= 0.3 is 0 Å². The lowest BCUT2D eigenvalue weighted by Gasteiger charge is -2.34. The molecule has 1 N–H and O–H groups in total. The summed E-state index contributed by atoms with van der Waals surface area (Å²) < 4.78 is 0. The summed E-state index contributed by atoms with van der Waals surface area (Å²) >= 11 is 0. The van der Waals surface area contributed by atoms with Crippen molar-refractivity contribution in [2.75, 3.05) is 20.1 Å². The zero-order chi connectivity index (χ0) is 11.2. The molecule has 16 heavy (non-hydrogen) atoms. The highest BCUT2D eigenvalue weighted by molar-refractivity contribution is 5.07. The van der Waals surface area contributed by atoms with Crippen LogP contribution in [0.3, 0.4) is 0 Å². The first kappa shape index (κ1) is 11.6. The fraction of sp³-hybridized carbons (Fsp3) is 0.615. The Balaban J connectivity index is 1.58. The monoisotopic (exact) mass is 219 g/mol. The molecule has 0 radical (unpaired) electrons. The van der Waals surface area contributed by atoms with Crippen LogP contribution in [0.25, 0.3) is 0 Å². The van der Waals surface area contributed by atoms with Gasteiger partial charge in [0.1, 0.15) is 0 Å². The lowest BCUT2D eigenvalue weighted by molar-refractivity contribution is 0.160. The van der Waals surface area contributed by atoms with E-state index in [1.807, 2.05) is 18.5 Å². The summed E-state index contributed by atoms with van der Waals surface area (Å²) in [5.41, 5.74) is 1.26. The largest absolute Gasteiger partial charge is 0.311 e. The van der Waals surface area contributed by atoms with Gasteiger partial charge in [0.2, 0.25) is 0 Å². The SMILES string of the molecule is CN(CCNCc1cccnc1)C1CCC1. The molecule has 1 aromatic rings. The molecule has 0 saturated heterocycles. The number of likely N-dealkylation sites (N-methyl/N-ethyl adjacent to an activating group) is 1. The van der Waals surface area contributed by atoms with Crippen LogP contribution in [0.15, 0.2) is 24.5 Å². The summed E-state index contributed by atoms with van der Waals surface area (Å²) in [4.78, 5) is 6.57. The summed E-state index contributed by atoms with van der Waals surface area (Å²) in [7, 11) is 2.23. The number of pyridine rings is 1. The van der Waals surface area contributed by atoms with E-state index < -0.39 is 0 Å². The Labute approximate surface area is 97.9 Å². The summed E-state index contributed by atoms with van der Waals surface area (Å²) in [6, 6.07) is 4.94. The second-order valence-electron chi connectivity index (χ2n) is 4.60. The van der Waals surface area contributed by atoms with E-state index >= 15 is 0 Å². The van der Waals surface area contributed by atoms with E-state index in [2.05, 4.69) is 28.3 Å². The standard InChI is InChI=1S/C13H21N3/c1-16(13-5-2-6-13)9-8-15-11-12-4-3-7-14-10-12/h3-4,7,10,13,15H,2,5-6,8-9,11H2,1H3. The minimum Gasteiger partial charge on any atom is -0.311 e. The Morgan fingerprint density at radius 3 is 3.00 bits per heavy atom. The molecule has 0 bridgehead atoms. The predicted octanol–water partition coefficient (Wildman–Crippen LogP) is 1.66. The van der Waals surface area contributed by atoms with E-state index in [-0.39, 0.29) is 0 Å². The van der Waals surface area contributed by atoms with Crippen LogP contribution in [0.1, 0.15) is 24.8 Å². The van der Waals surface area contributed by atoms with Crippen molar-refractivity contribution < 1.29 is 0 Å². The topological polar surface area (TPSA) is 28.2 Å². The van der Waals surface area contributed by atoms with E-state index in [9.17, 15) is 0 Å². The van der Waals surface area contributed by atoms with Crippen LogP contribution >= 0.6 is 0 Å². The van der Waals surface area contributed by atoms with E-state index in [1.165, 1.54) is 24.8 Å². The molecule has 1 saturated carbocycles. The fourth-order valence-electron chi connectivity index (χ4n) is 2.00. The van der Waals surface area contributed by atoms with Crippen LogP contribution in [-0.2, 0) is 6.54 Å². The third kappa shape index (κ3) is 3.29. The quantitative estimate of drug-likeness (QED) is 0.737. The highest BCUT2D eigenvalue weighted by Gasteiger charge is 2.20. The maximum absolute atomic E-state index is 4.10. The average molecular weight is 219 g/mol. The molecule has 0 spiro atoms. The molecule has 1 aromatic heterocycles. The fourth-order valence-corrected chi connectivity index (χ4v) is 2.00. The molecule has 1 fully saturated rings. The smallest absolute Gasteiger partial charge is 0.0312 e. The molecule has 0 atom stereocenters. The molecule has 3 heteroatoms. The van der Waals surface area contributed by atoms with Crippen LogP contribution in [-0.4, -0.2) is 36.1 Å². The number of rotatable bonds is 6. The predicted molar refractivity (Wildman–Crippen MR) is 66.2 cm³/mol. The third-order valence-corrected chi connectivity index (χ3v) is 3.39. The first-order valence-corrected chi connectivity index (χ1v) is 6.16. The minimum absolute atomic E-state index is 0.847. The summed E-state index contributed by atoms with van der Waals surface area (Å²) in [5, 5.41) is 3.45. The zero-order valence-electron chi connectivity index (χ0n) is 10.0. The first-order chi connectivity index (χ1) is 7.86. The summed E-state index contributed by atoms with van der Waals surface area (Å²) in [6.45, 7) is 3.12. The van der Waals surface area contributed by atoms with Crippen molar-refractivity contribution >= 4 is 0 Å². The van der Waals surface area contributed by atoms with Gasteiger partial charge in [0.25, 0.3) is 0 Å². The van der Waals surface area contributed by atoms with Crippen LogP contribution < -0.4 is 5.32 Å². The molecule has 3 nitrogen and oxygen atoms in total. The number of hydrogen-bond donors (Lipinski definition) is 1. The Bertz CT molecular complexity index is 295. The molecule has 88 valence electrons. The van der Waals surface area contributed by atoms with Crippen LogP contribution in [0, 0.1) is 0 Å². The van der Waals surface area contributed by atoms with Crippen molar-refractivity contribution in [3.05, 3.63) is 30.1 Å². The van der Waals surface area contributed by atoms with E-state index in [0.29, 0.717) is 0 Å². The molecule has 1 heterocycles. The van der Waals surface area contributed by atoms with E-state index in [1.54, 1.807) is 0 Å². The number of nitrogens with zero attached hydrogens (tertiary/aromatic N) is 2. The Hall–Kier alpha value is -0.930. The van der Waals surface area contributed by atoms with Gasteiger partial charge in [0, 0.05) is 38.1 Å². The molecule has 0 aromatic carbocycles. The van der Waals surface area contributed by atoms with E-state index in [4.69, 9.17) is 0 Å². The van der Waals surface area contributed by atoms with Gasteiger partial charge in [-0.1, -0.05) is 12.5 Å². The van der Waals surface area contributed by atoms with Gasteiger partial charge < -0.3 is 10.2 Å². The maximum Gasteiger partial charge on any atom is 0.0312 e. The number of hydrogen-bond acceptors (Lipinski definition) is 3. The van der Waals surface area contributed by atoms with Crippen LogP contribution in [0.5, 0.6) is 0 Å². The van der Waals surface area contributed by atoms with Crippen molar-refractivity contribution in [1.82, 2.24) is 15.2 Å². The van der Waals surface area contributed by atoms with Crippen molar-refractivity contribution in [1.29, 1.82) is 0 Å². The molecule has 0 amide bonds. The molecule has 0 aliphatic heterocycles. The Morgan fingerprint density at radius 2 is 2.38 bits per heavy atom. The van der Waals surface area contributed by atoms with Gasteiger partial charge in [-0.25, -0.2) is 0 Å².